The molecule has 3 unspecified atom stereocenters. The fourth-order valence-electron chi connectivity index (χ4n) is 5.89. The lowest BCUT2D eigenvalue weighted by Gasteiger charge is -2.59. The molecule has 5 rings (SSSR count). The second kappa shape index (κ2) is 6.88. The molecular formula is C22H27FN4O. The topological polar surface area (TPSA) is 80.0 Å². The molecule has 3 atom stereocenters. The Labute approximate surface area is 165 Å². The summed E-state index contributed by atoms with van der Waals surface area (Å²) in [6.07, 6.45) is 4.74. The quantitative estimate of drug-likeness (QED) is 0.757. The first kappa shape index (κ1) is 18.9. The van der Waals surface area contributed by atoms with Crippen molar-refractivity contribution in [1.29, 1.82) is 10.7 Å². The lowest BCUT2D eigenvalue weighted by Crippen LogP contribution is -2.63. The first-order chi connectivity index (χ1) is 13.4. The van der Waals surface area contributed by atoms with Crippen LogP contribution in [0.2, 0.25) is 0 Å². The van der Waals surface area contributed by atoms with Gasteiger partial charge in [0.15, 0.2) is 0 Å². The molecule has 2 heterocycles. The van der Waals surface area contributed by atoms with E-state index in [2.05, 4.69) is 11.4 Å². The summed E-state index contributed by atoms with van der Waals surface area (Å²) in [7, 11) is 1.70. The van der Waals surface area contributed by atoms with E-state index in [1.54, 1.807) is 19.2 Å². The zero-order chi connectivity index (χ0) is 20.1. The number of nitrogens with one attached hydrogen (secondary N) is 2. The molecule has 148 valence electrons. The van der Waals surface area contributed by atoms with Crippen molar-refractivity contribution < 1.29 is 9.18 Å². The van der Waals surface area contributed by atoms with Gasteiger partial charge < -0.3 is 15.6 Å². The van der Waals surface area contributed by atoms with Gasteiger partial charge in [0, 0.05) is 42.9 Å². The van der Waals surface area contributed by atoms with Gasteiger partial charge in [-0.2, -0.15) is 5.26 Å². The number of piperidine rings is 2. The van der Waals surface area contributed by atoms with Crippen LogP contribution >= 0.6 is 0 Å². The van der Waals surface area contributed by atoms with Crippen molar-refractivity contribution >= 4 is 17.3 Å². The van der Waals surface area contributed by atoms with Crippen molar-refractivity contribution in [3.63, 3.8) is 0 Å². The van der Waals surface area contributed by atoms with E-state index in [9.17, 15) is 14.4 Å². The lowest BCUT2D eigenvalue weighted by atomic mass is 9.56. The Kier molecular flexibility index (Phi) is 4.65. The highest BCUT2D eigenvalue weighted by molar-refractivity contribution is 6.05. The van der Waals surface area contributed by atoms with E-state index >= 15 is 0 Å². The largest absolute Gasteiger partial charge is 0.387 e. The Hall–Kier alpha value is -2.42. The minimum Gasteiger partial charge on any atom is -0.387 e. The Morgan fingerprint density at radius 3 is 2.68 bits per heavy atom. The van der Waals surface area contributed by atoms with E-state index in [1.165, 1.54) is 6.07 Å². The highest BCUT2D eigenvalue weighted by Crippen LogP contribution is 2.56. The molecule has 2 aliphatic carbocycles. The van der Waals surface area contributed by atoms with Gasteiger partial charge in [0.25, 0.3) is 0 Å². The lowest BCUT2D eigenvalue weighted by molar-refractivity contribution is -0.153. The zero-order valence-electron chi connectivity index (χ0n) is 16.5. The van der Waals surface area contributed by atoms with E-state index in [-0.39, 0.29) is 47.0 Å². The second-order valence-corrected chi connectivity index (χ2v) is 8.88. The maximum Gasteiger partial charge on any atom is 0.223 e. The summed E-state index contributed by atoms with van der Waals surface area (Å²) in [5.41, 5.74) is 0.721. The van der Waals surface area contributed by atoms with Gasteiger partial charge in [-0.05, 0) is 50.2 Å². The van der Waals surface area contributed by atoms with E-state index in [1.807, 2.05) is 11.8 Å². The molecule has 2 N–H and O–H groups in total. The summed E-state index contributed by atoms with van der Waals surface area (Å²) in [6, 6.07) is 7.55. The predicted octanol–water partition coefficient (Wildman–Crippen LogP) is 3.94. The SMILES string of the molecule is CNc1cccc(F)c1C(=N)C(C)CC(=O)N1C2CC3CC1CC(C#N)(C3)C2. The molecule has 0 spiro atoms. The van der Waals surface area contributed by atoms with Crippen LogP contribution in [0.1, 0.15) is 51.0 Å². The standard InChI is InChI=1S/C22H27FN4O/c1-13(21(25)20-17(23)4-3-5-18(20)26-2)6-19(28)27-15-7-14-8-16(27)11-22(9-14,10-15)12-24/h3-5,13-16,25-26H,6-11H2,1-2H3. The number of hydrogen-bond acceptors (Lipinski definition) is 4. The zero-order valence-corrected chi connectivity index (χ0v) is 16.5. The third-order valence-electron chi connectivity index (χ3n) is 6.98. The average Bonchev–Trinajstić information content (AvgIpc) is 2.66. The van der Waals surface area contributed by atoms with Gasteiger partial charge in [-0.1, -0.05) is 13.0 Å². The molecule has 4 bridgehead atoms. The predicted molar refractivity (Wildman–Crippen MR) is 106 cm³/mol. The molecule has 5 nitrogen and oxygen atoms in total. The van der Waals surface area contributed by atoms with Crippen LogP contribution in [0, 0.1) is 39.8 Å². The molecule has 28 heavy (non-hydrogen) atoms. The van der Waals surface area contributed by atoms with E-state index in [0.29, 0.717) is 11.6 Å². The molecule has 0 radical (unpaired) electrons. The van der Waals surface area contributed by atoms with Crippen LogP contribution in [0.5, 0.6) is 0 Å². The van der Waals surface area contributed by atoms with Crippen molar-refractivity contribution in [1.82, 2.24) is 4.90 Å². The van der Waals surface area contributed by atoms with Crippen LogP contribution in [0.4, 0.5) is 10.1 Å². The first-order valence-electron chi connectivity index (χ1n) is 10.1. The number of benzene rings is 1. The molecule has 1 aromatic carbocycles. The molecule has 0 aromatic heterocycles. The van der Waals surface area contributed by atoms with E-state index in [4.69, 9.17) is 5.41 Å². The van der Waals surface area contributed by atoms with E-state index in [0.717, 1.165) is 32.1 Å². The third kappa shape index (κ3) is 2.97. The van der Waals surface area contributed by atoms with E-state index < -0.39 is 5.82 Å². The Morgan fingerprint density at radius 2 is 2.07 bits per heavy atom. The van der Waals surface area contributed by atoms with Crippen molar-refractivity contribution in [2.45, 2.75) is 57.5 Å². The Balaban J connectivity index is 1.49. The number of carbonyl (C=O) groups is 1. The van der Waals surface area contributed by atoms with Crippen LogP contribution in [0.15, 0.2) is 18.2 Å². The Bertz CT molecular complexity index is 845. The number of anilines is 1. The number of nitriles is 1. The smallest absolute Gasteiger partial charge is 0.223 e. The van der Waals surface area contributed by atoms with Gasteiger partial charge in [0.1, 0.15) is 5.82 Å². The summed E-state index contributed by atoms with van der Waals surface area (Å²) in [5, 5.41) is 21.1. The van der Waals surface area contributed by atoms with Gasteiger partial charge in [-0.25, -0.2) is 4.39 Å². The summed E-state index contributed by atoms with van der Waals surface area (Å²) >= 11 is 0. The number of rotatable bonds is 5. The van der Waals surface area contributed by atoms with Crippen LogP contribution in [0.25, 0.3) is 0 Å². The maximum atomic E-state index is 14.4. The number of amides is 1. The molecule has 2 aliphatic heterocycles. The molecule has 4 fully saturated rings. The summed E-state index contributed by atoms with van der Waals surface area (Å²) in [5.74, 6) is -0.212. The monoisotopic (exact) mass is 382 g/mol. The fourth-order valence-corrected chi connectivity index (χ4v) is 5.89. The molecule has 2 saturated carbocycles. The number of carbonyl (C=O) groups excluding carboxylic acids is 1. The molecule has 4 aliphatic rings. The minimum atomic E-state index is -0.443. The second-order valence-electron chi connectivity index (χ2n) is 8.88. The summed E-state index contributed by atoms with van der Waals surface area (Å²) in [6.45, 7) is 1.82. The highest BCUT2D eigenvalue weighted by Gasteiger charge is 2.56. The molecular weight excluding hydrogens is 355 g/mol. The molecule has 1 amide bonds. The van der Waals surface area contributed by atoms with Crippen molar-refractivity contribution in [2.24, 2.45) is 17.3 Å². The van der Waals surface area contributed by atoms with Crippen molar-refractivity contribution in [3.05, 3.63) is 29.6 Å². The fraction of sp³-hybridized carbons (Fsp3) is 0.591. The van der Waals surface area contributed by atoms with Gasteiger partial charge in [0.05, 0.1) is 17.0 Å². The average molecular weight is 382 g/mol. The van der Waals surface area contributed by atoms with Gasteiger partial charge in [-0.3, -0.25) is 4.79 Å². The maximum absolute atomic E-state index is 14.4. The van der Waals surface area contributed by atoms with Crippen molar-refractivity contribution in [2.75, 3.05) is 12.4 Å². The number of hydrogen-bond donors (Lipinski definition) is 2. The Morgan fingerprint density at radius 1 is 1.39 bits per heavy atom. The van der Waals surface area contributed by atoms with Crippen LogP contribution in [-0.4, -0.2) is 35.7 Å². The summed E-state index contributed by atoms with van der Waals surface area (Å²) < 4.78 is 14.4. The molecule has 2 saturated heterocycles. The van der Waals surface area contributed by atoms with Crippen LogP contribution in [-0.2, 0) is 4.79 Å². The number of halogens is 1. The van der Waals surface area contributed by atoms with Gasteiger partial charge in [0.2, 0.25) is 5.91 Å². The minimum absolute atomic E-state index is 0.0430. The van der Waals surface area contributed by atoms with Gasteiger partial charge >= 0.3 is 0 Å². The van der Waals surface area contributed by atoms with Crippen LogP contribution < -0.4 is 5.32 Å². The normalized spacial score (nSPS) is 31.4. The first-order valence-corrected chi connectivity index (χ1v) is 10.1. The van der Waals surface area contributed by atoms with Gasteiger partial charge in [-0.15, -0.1) is 0 Å². The summed E-state index contributed by atoms with van der Waals surface area (Å²) in [4.78, 5) is 15.2. The molecule has 1 aromatic rings. The van der Waals surface area contributed by atoms with Crippen LogP contribution in [0.3, 0.4) is 0 Å². The van der Waals surface area contributed by atoms with Crippen molar-refractivity contribution in [3.8, 4) is 6.07 Å². The number of nitrogens with zero attached hydrogens (tertiary/aromatic N) is 2. The molecule has 6 heteroatoms. The third-order valence-corrected chi connectivity index (χ3v) is 6.98. The highest BCUT2D eigenvalue weighted by atomic mass is 19.1.